The fourth-order valence-electron chi connectivity index (χ4n) is 3.47. The molecule has 2 saturated carbocycles. The molecule has 1 heterocycles. The van der Waals surface area contributed by atoms with Gasteiger partial charge in [0.1, 0.15) is 5.82 Å². The minimum Gasteiger partial charge on any atom is -0.381 e. The minimum atomic E-state index is -0.507. The number of carbonyl (C=O) groups is 1. The van der Waals surface area contributed by atoms with Crippen molar-refractivity contribution in [3.05, 3.63) is 11.8 Å². The molecule has 132 valence electrons. The molecule has 1 aromatic rings. The van der Waals surface area contributed by atoms with Gasteiger partial charge in [-0.3, -0.25) is 4.79 Å². The summed E-state index contributed by atoms with van der Waals surface area (Å²) in [5.74, 6) is 0.576. The van der Waals surface area contributed by atoms with Crippen LogP contribution >= 0.6 is 0 Å². The molecule has 24 heavy (non-hydrogen) atoms. The van der Waals surface area contributed by atoms with E-state index in [2.05, 4.69) is 27.5 Å². The second kappa shape index (κ2) is 6.93. The van der Waals surface area contributed by atoms with Gasteiger partial charge < -0.3 is 21.1 Å². The third-order valence-corrected chi connectivity index (χ3v) is 5.27. The Bertz CT molecular complexity index is 595. The van der Waals surface area contributed by atoms with E-state index in [0.717, 1.165) is 38.5 Å². The molecule has 0 aliphatic heterocycles. The van der Waals surface area contributed by atoms with E-state index in [1.165, 1.54) is 12.6 Å². The largest absolute Gasteiger partial charge is 0.381 e. The Morgan fingerprint density at radius 3 is 2.58 bits per heavy atom. The first kappa shape index (κ1) is 17.0. The van der Waals surface area contributed by atoms with Crippen LogP contribution in [0.5, 0.6) is 0 Å². The minimum absolute atomic E-state index is 0.00759. The lowest BCUT2D eigenvalue weighted by Crippen LogP contribution is -2.42. The lowest BCUT2D eigenvalue weighted by atomic mass is 9.78. The number of nitrogens with zero attached hydrogens (tertiary/aromatic N) is 2. The molecule has 0 radical (unpaired) electrons. The van der Waals surface area contributed by atoms with Crippen molar-refractivity contribution in [2.45, 2.75) is 69.6 Å². The smallest absolute Gasteiger partial charge is 0.254 e. The monoisotopic (exact) mass is 333 g/mol. The molecule has 1 amide bonds. The SMILES string of the molecule is CO[C@H]1CC[C@H](Nc2ncc(C(N)=O)c(NC3(C)CCC3)n2)CC1. The summed E-state index contributed by atoms with van der Waals surface area (Å²) in [6.45, 7) is 2.14. The summed E-state index contributed by atoms with van der Waals surface area (Å²) in [6.07, 6.45) is 9.33. The first-order chi connectivity index (χ1) is 11.5. The summed E-state index contributed by atoms with van der Waals surface area (Å²) in [7, 11) is 1.77. The van der Waals surface area contributed by atoms with Gasteiger partial charge in [0.05, 0.1) is 11.7 Å². The number of nitrogens with two attached hydrogens (primary N) is 1. The molecule has 0 atom stereocenters. The van der Waals surface area contributed by atoms with Crippen molar-refractivity contribution in [2.75, 3.05) is 17.7 Å². The molecule has 0 spiro atoms. The zero-order valence-electron chi connectivity index (χ0n) is 14.5. The summed E-state index contributed by atoms with van der Waals surface area (Å²) in [5, 5.41) is 6.77. The quantitative estimate of drug-likeness (QED) is 0.738. The van der Waals surface area contributed by atoms with E-state index in [1.54, 1.807) is 7.11 Å². The normalized spacial score (nSPS) is 25.6. The van der Waals surface area contributed by atoms with E-state index in [-0.39, 0.29) is 5.54 Å². The van der Waals surface area contributed by atoms with Crippen LogP contribution in [0.4, 0.5) is 11.8 Å². The lowest BCUT2D eigenvalue weighted by Gasteiger charge is -2.40. The Kier molecular flexibility index (Phi) is 4.89. The van der Waals surface area contributed by atoms with Gasteiger partial charge in [-0.15, -0.1) is 0 Å². The molecule has 0 unspecified atom stereocenters. The molecular formula is C17H27N5O2. The molecule has 4 N–H and O–H groups in total. The zero-order valence-corrected chi connectivity index (χ0v) is 14.5. The van der Waals surface area contributed by atoms with Crippen molar-refractivity contribution in [1.82, 2.24) is 9.97 Å². The van der Waals surface area contributed by atoms with Gasteiger partial charge in [-0.2, -0.15) is 4.98 Å². The molecule has 2 aliphatic carbocycles. The number of primary amides is 1. The van der Waals surface area contributed by atoms with Crippen molar-refractivity contribution in [3.63, 3.8) is 0 Å². The maximum absolute atomic E-state index is 11.7. The molecule has 2 aliphatic rings. The number of hydrogen-bond donors (Lipinski definition) is 3. The zero-order chi connectivity index (χ0) is 17.2. The van der Waals surface area contributed by atoms with Gasteiger partial charge in [-0.1, -0.05) is 0 Å². The lowest BCUT2D eigenvalue weighted by molar-refractivity contribution is 0.0681. The van der Waals surface area contributed by atoms with Gasteiger partial charge in [-0.05, 0) is 51.9 Å². The summed E-state index contributed by atoms with van der Waals surface area (Å²) in [4.78, 5) is 20.5. The fourth-order valence-corrected chi connectivity index (χ4v) is 3.47. The van der Waals surface area contributed by atoms with E-state index in [0.29, 0.717) is 29.5 Å². The second-order valence-electron chi connectivity index (χ2n) is 7.21. The molecule has 7 heteroatoms. The van der Waals surface area contributed by atoms with E-state index in [1.807, 2.05) is 0 Å². The summed E-state index contributed by atoms with van der Waals surface area (Å²) >= 11 is 0. The number of hydrogen-bond acceptors (Lipinski definition) is 6. The predicted octanol–water partition coefficient (Wildman–Crippen LogP) is 2.30. The van der Waals surface area contributed by atoms with E-state index >= 15 is 0 Å². The number of rotatable bonds is 6. The topological polar surface area (TPSA) is 102 Å². The molecule has 0 saturated heterocycles. The molecule has 3 rings (SSSR count). The highest BCUT2D eigenvalue weighted by molar-refractivity contribution is 5.97. The van der Waals surface area contributed by atoms with Crippen LogP contribution < -0.4 is 16.4 Å². The first-order valence-electron chi connectivity index (χ1n) is 8.73. The highest BCUT2D eigenvalue weighted by atomic mass is 16.5. The first-order valence-corrected chi connectivity index (χ1v) is 8.73. The highest BCUT2D eigenvalue weighted by Crippen LogP contribution is 2.35. The van der Waals surface area contributed by atoms with Crippen LogP contribution in [0.2, 0.25) is 0 Å². The van der Waals surface area contributed by atoms with Gasteiger partial charge in [0.2, 0.25) is 5.95 Å². The van der Waals surface area contributed by atoms with Crippen molar-refractivity contribution in [1.29, 1.82) is 0 Å². The number of carbonyl (C=O) groups excluding carboxylic acids is 1. The Morgan fingerprint density at radius 2 is 2.04 bits per heavy atom. The van der Waals surface area contributed by atoms with Crippen LogP contribution in [0.3, 0.4) is 0 Å². The average molecular weight is 333 g/mol. The van der Waals surface area contributed by atoms with Crippen molar-refractivity contribution >= 4 is 17.7 Å². The summed E-state index contributed by atoms with van der Waals surface area (Å²) in [5.41, 5.74) is 5.80. The maximum Gasteiger partial charge on any atom is 0.254 e. The highest BCUT2D eigenvalue weighted by Gasteiger charge is 2.33. The number of amides is 1. The Hall–Kier alpha value is -1.89. The Balaban J connectivity index is 1.71. The Morgan fingerprint density at radius 1 is 1.33 bits per heavy atom. The van der Waals surface area contributed by atoms with Gasteiger partial charge in [0.15, 0.2) is 0 Å². The van der Waals surface area contributed by atoms with E-state index in [9.17, 15) is 4.79 Å². The third kappa shape index (κ3) is 3.77. The van der Waals surface area contributed by atoms with Crippen molar-refractivity contribution in [3.8, 4) is 0 Å². The van der Waals surface area contributed by atoms with Crippen LogP contribution in [-0.2, 0) is 4.74 Å². The molecule has 1 aromatic heterocycles. The standard InChI is InChI=1S/C17H27N5O2/c1-17(8-3-9-17)22-15-13(14(18)23)10-19-16(21-15)20-11-4-6-12(24-2)7-5-11/h10-12H,3-9H2,1-2H3,(H2,18,23)(H2,19,20,21,22)/t11-,12-. The summed E-state index contributed by atoms with van der Waals surface area (Å²) < 4.78 is 5.40. The van der Waals surface area contributed by atoms with Crippen LogP contribution in [0.25, 0.3) is 0 Å². The van der Waals surface area contributed by atoms with E-state index in [4.69, 9.17) is 10.5 Å². The van der Waals surface area contributed by atoms with Crippen LogP contribution in [0.15, 0.2) is 6.20 Å². The average Bonchev–Trinajstić information content (AvgIpc) is 2.54. The van der Waals surface area contributed by atoms with E-state index < -0.39 is 5.91 Å². The second-order valence-corrected chi connectivity index (χ2v) is 7.21. The van der Waals surface area contributed by atoms with Crippen molar-refractivity contribution in [2.24, 2.45) is 5.73 Å². The molecule has 0 bridgehead atoms. The van der Waals surface area contributed by atoms with Crippen LogP contribution in [-0.4, -0.2) is 40.7 Å². The number of methoxy groups -OCH3 is 1. The van der Waals surface area contributed by atoms with Gasteiger partial charge in [-0.25, -0.2) is 4.98 Å². The molecular weight excluding hydrogens is 306 g/mol. The molecule has 2 fully saturated rings. The Labute approximate surface area is 142 Å². The number of ether oxygens (including phenoxy) is 1. The van der Waals surface area contributed by atoms with Gasteiger partial charge >= 0.3 is 0 Å². The molecule has 0 aromatic carbocycles. The summed E-state index contributed by atoms with van der Waals surface area (Å²) in [6, 6.07) is 0.336. The predicted molar refractivity (Wildman–Crippen MR) is 93.1 cm³/mol. The number of anilines is 2. The molecule has 7 nitrogen and oxygen atoms in total. The third-order valence-electron chi connectivity index (χ3n) is 5.27. The van der Waals surface area contributed by atoms with Gasteiger partial charge in [0.25, 0.3) is 5.91 Å². The maximum atomic E-state index is 11.7. The number of nitrogens with one attached hydrogen (secondary N) is 2. The fraction of sp³-hybridized carbons (Fsp3) is 0.706. The van der Waals surface area contributed by atoms with Crippen LogP contribution in [0, 0.1) is 0 Å². The van der Waals surface area contributed by atoms with Gasteiger partial charge in [0, 0.05) is 24.9 Å². The van der Waals surface area contributed by atoms with Crippen molar-refractivity contribution < 1.29 is 9.53 Å². The van der Waals surface area contributed by atoms with Crippen LogP contribution in [0.1, 0.15) is 62.2 Å². The number of aromatic nitrogens is 2.